The lowest BCUT2D eigenvalue weighted by Gasteiger charge is -2.32. The first-order valence-corrected chi connectivity index (χ1v) is 11.9. The van der Waals surface area contributed by atoms with E-state index in [1.807, 2.05) is 12.1 Å². The van der Waals surface area contributed by atoms with Crippen LogP contribution in [0.2, 0.25) is 0 Å². The van der Waals surface area contributed by atoms with Gasteiger partial charge in [0.25, 0.3) is 0 Å². The average molecular weight is 510 g/mol. The molecule has 1 aliphatic heterocycles. The Kier molecular flexibility index (Phi) is 9.90. The predicted octanol–water partition coefficient (Wildman–Crippen LogP) is 5.87. The maximum absolute atomic E-state index is 6.60. The maximum Gasteiger partial charge on any atom is 0.158 e. The third-order valence-corrected chi connectivity index (χ3v) is 6.16. The molecule has 1 saturated heterocycles. The van der Waals surface area contributed by atoms with Gasteiger partial charge in [-0.1, -0.05) is 83.3 Å². The van der Waals surface area contributed by atoms with E-state index in [4.69, 9.17) is 18.9 Å². The van der Waals surface area contributed by atoms with Crippen LogP contribution in [0.1, 0.15) is 49.0 Å². The Morgan fingerprint density at radius 2 is 1.48 bits per heavy atom. The summed E-state index contributed by atoms with van der Waals surface area (Å²) in [5, 5.41) is 0. The van der Waals surface area contributed by atoms with Gasteiger partial charge in [-0.3, -0.25) is 0 Å². The van der Waals surface area contributed by atoms with Gasteiger partial charge < -0.3 is 18.9 Å². The van der Waals surface area contributed by atoms with Crippen LogP contribution in [-0.2, 0) is 18.9 Å². The monoisotopic (exact) mass is 510 g/mol. The molecule has 0 saturated carbocycles. The Bertz CT molecular complexity index is 682. The van der Waals surface area contributed by atoms with E-state index in [1.54, 1.807) is 7.11 Å². The van der Waals surface area contributed by atoms with E-state index in [9.17, 15) is 0 Å². The first-order valence-electron chi connectivity index (χ1n) is 10.4. The fourth-order valence-electron chi connectivity index (χ4n) is 3.63. The van der Waals surface area contributed by atoms with Crippen LogP contribution in [0, 0.1) is 0 Å². The molecule has 5 heteroatoms. The minimum atomic E-state index is -0.236. The molecular formula is C24H31IO4. The highest BCUT2D eigenvalue weighted by molar-refractivity contribution is 14.1. The summed E-state index contributed by atoms with van der Waals surface area (Å²) in [6, 6.07) is 20.9. The normalized spacial score (nSPS) is 26.1. The zero-order chi connectivity index (χ0) is 20.3. The van der Waals surface area contributed by atoms with Crippen LogP contribution in [0.25, 0.3) is 0 Å². The van der Waals surface area contributed by atoms with Crippen LogP contribution in [0.3, 0.4) is 0 Å². The molecule has 0 unspecified atom stereocenters. The van der Waals surface area contributed by atoms with Crippen molar-refractivity contribution >= 4 is 22.6 Å². The van der Waals surface area contributed by atoms with Crippen molar-refractivity contribution < 1.29 is 18.9 Å². The lowest BCUT2D eigenvalue weighted by Crippen LogP contribution is -2.28. The number of benzene rings is 2. The van der Waals surface area contributed by atoms with Gasteiger partial charge in [-0.05, 0) is 30.4 Å². The van der Waals surface area contributed by atoms with Gasteiger partial charge in [-0.2, -0.15) is 0 Å². The molecule has 2 aromatic carbocycles. The SMILES string of the molecule is COCCO[C@H]1CCC[C@H](CI)O[C@H](c2ccccc2)C[C@@H](c2ccccc2)O1. The van der Waals surface area contributed by atoms with Gasteiger partial charge in [-0.15, -0.1) is 0 Å². The van der Waals surface area contributed by atoms with Crippen molar-refractivity contribution in [2.45, 2.75) is 50.3 Å². The topological polar surface area (TPSA) is 36.9 Å². The average Bonchev–Trinajstić information content (AvgIpc) is 2.78. The first kappa shape index (κ1) is 22.7. The Morgan fingerprint density at radius 3 is 2.07 bits per heavy atom. The highest BCUT2D eigenvalue weighted by Crippen LogP contribution is 2.36. The number of ether oxygens (including phenoxy) is 4. The number of hydrogen-bond acceptors (Lipinski definition) is 4. The van der Waals surface area contributed by atoms with E-state index >= 15 is 0 Å². The van der Waals surface area contributed by atoms with Crippen LogP contribution in [0.15, 0.2) is 60.7 Å². The first-order chi connectivity index (χ1) is 14.3. The van der Waals surface area contributed by atoms with E-state index < -0.39 is 0 Å². The zero-order valence-corrected chi connectivity index (χ0v) is 19.2. The molecule has 0 N–H and O–H groups in total. The van der Waals surface area contributed by atoms with E-state index in [0.717, 1.165) is 35.7 Å². The molecule has 4 nitrogen and oxygen atoms in total. The molecule has 0 aliphatic carbocycles. The van der Waals surface area contributed by atoms with Gasteiger partial charge in [0.05, 0.1) is 31.5 Å². The number of methoxy groups -OCH3 is 1. The fourth-order valence-corrected chi connectivity index (χ4v) is 4.28. The molecule has 1 heterocycles. The molecule has 2 aromatic rings. The summed E-state index contributed by atoms with van der Waals surface area (Å²) in [6.07, 6.45) is 3.52. The number of halogens is 1. The molecule has 0 spiro atoms. The molecule has 0 aromatic heterocycles. The van der Waals surface area contributed by atoms with Gasteiger partial charge in [0.15, 0.2) is 6.29 Å². The summed E-state index contributed by atoms with van der Waals surface area (Å²) < 4.78 is 25.3. The van der Waals surface area contributed by atoms with Crippen LogP contribution >= 0.6 is 22.6 Å². The number of rotatable bonds is 7. The summed E-state index contributed by atoms with van der Waals surface area (Å²) in [4.78, 5) is 0. The van der Waals surface area contributed by atoms with Crippen molar-refractivity contribution in [2.24, 2.45) is 0 Å². The van der Waals surface area contributed by atoms with Gasteiger partial charge in [0.2, 0.25) is 0 Å². The van der Waals surface area contributed by atoms with Crippen molar-refractivity contribution in [3.8, 4) is 0 Å². The van der Waals surface area contributed by atoms with Crippen LogP contribution in [0.5, 0.6) is 0 Å². The second-order valence-electron chi connectivity index (χ2n) is 7.31. The lowest BCUT2D eigenvalue weighted by atomic mass is 9.97. The standard InChI is InChI=1S/C24H31IO4/c1-26-15-16-27-24-14-8-13-21(18-25)28-22(19-9-4-2-5-10-19)17-23(29-24)20-11-6-3-7-12-20/h2-7,9-12,21-24H,8,13-18H2,1H3/t21-,22+,23+,24-/m1/s1. The smallest absolute Gasteiger partial charge is 0.158 e. The van der Waals surface area contributed by atoms with Crippen LogP contribution in [-0.4, -0.2) is 37.1 Å². The highest BCUT2D eigenvalue weighted by Gasteiger charge is 2.28. The lowest BCUT2D eigenvalue weighted by molar-refractivity contribution is -0.194. The van der Waals surface area contributed by atoms with Gasteiger partial charge in [-0.25, -0.2) is 0 Å². The molecule has 0 radical (unpaired) electrons. The number of alkyl halides is 1. The van der Waals surface area contributed by atoms with Crippen LogP contribution < -0.4 is 0 Å². The predicted molar refractivity (Wildman–Crippen MR) is 123 cm³/mol. The third-order valence-electron chi connectivity index (χ3n) is 5.17. The molecule has 4 atom stereocenters. The van der Waals surface area contributed by atoms with Crippen molar-refractivity contribution in [1.29, 1.82) is 0 Å². The minimum Gasteiger partial charge on any atom is -0.382 e. The maximum atomic E-state index is 6.60. The van der Waals surface area contributed by atoms with E-state index in [0.29, 0.717) is 13.2 Å². The Balaban J connectivity index is 1.85. The summed E-state index contributed by atoms with van der Waals surface area (Å²) in [5.41, 5.74) is 2.35. The second-order valence-corrected chi connectivity index (χ2v) is 8.19. The van der Waals surface area contributed by atoms with Crippen molar-refractivity contribution in [2.75, 3.05) is 24.8 Å². The van der Waals surface area contributed by atoms with E-state index in [-0.39, 0.29) is 24.6 Å². The van der Waals surface area contributed by atoms with E-state index in [1.165, 1.54) is 5.56 Å². The highest BCUT2D eigenvalue weighted by atomic mass is 127. The molecule has 0 bridgehead atoms. The van der Waals surface area contributed by atoms with E-state index in [2.05, 4.69) is 71.1 Å². The quantitative estimate of drug-likeness (QED) is 0.265. The summed E-state index contributed by atoms with van der Waals surface area (Å²) >= 11 is 2.43. The van der Waals surface area contributed by atoms with Gasteiger partial charge >= 0.3 is 0 Å². The Morgan fingerprint density at radius 1 is 0.862 bits per heavy atom. The van der Waals surface area contributed by atoms with Gasteiger partial charge in [0, 0.05) is 18.0 Å². The molecule has 158 valence electrons. The minimum absolute atomic E-state index is 0.0149. The molecule has 3 rings (SSSR count). The second kappa shape index (κ2) is 12.6. The zero-order valence-electron chi connectivity index (χ0n) is 17.0. The van der Waals surface area contributed by atoms with Crippen molar-refractivity contribution in [3.63, 3.8) is 0 Å². The molecule has 0 amide bonds. The number of hydrogen-bond donors (Lipinski definition) is 0. The Labute approximate surface area is 188 Å². The van der Waals surface area contributed by atoms with Gasteiger partial charge in [0.1, 0.15) is 0 Å². The van der Waals surface area contributed by atoms with Crippen molar-refractivity contribution in [1.82, 2.24) is 0 Å². The summed E-state index contributed by atoms with van der Waals surface area (Å²) in [6.45, 7) is 1.11. The third kappa shape index (κ3) is 7.33. The van der Waals surface area contributed by atoms with Crippen LogP contribution in [0.4, 0.5) is 0 Å². The Hall–Kier alpha value is -0.990. The molecule has 29 heavy (non-hydrogen) atoms. The summed E-state index contributed by atoms with van der Waals surface area (Å²) in [5.74, 6) is 0. The summed E-state index contributed by atoms with van der Waals surface area (Å²) in [7, 11) is 1.69. The molecule has 1 aliphatic rings. The largest absolute Gasteiger partial charge is 0.382 e. The molecule has 1 fully saturated rings. The van der Waals surface area contributed by atoms with Crippen molar-refractivity contribution in [3.05, 3.63) is 71.8 Å². The molecular weight excluding hydrogens is 479 g/mol. The fraction of sp³-hybridized carbons (Fsp3) is 0.500.